The van der Waals surface area contributed by atoms with Crippen LogP contribution in [0.5, 0.6) is 0 Å². The molecule has 3 rings (SSSR count). The fraction of sp³-hybridized carbons (Fsp3) is 0.462. The van der Waals surface area contributed by atoms with Gasteiger partial charge in [-0.1, -0.05) is 0 Å². The summed E-state index contributed by atoms with van der Waals surface area (Å²) in [5.41, 5.74) is 7.74. The molecule has 1 atom stereocenters. The summed E-state index contributed by atoms with van der Waals surface area (Å²) >= 11 is 0. The van der Waals surface area contributed by atoms with Gasteiger partial charge in [-0.3, -0.25) is 0 Å². The Bertz CT molecular complexity index is 511. The number of imidazole rings is 1. The van der Waals surface area contributed by atoms with Gasteiger partial charge in [-0.05, 0) is 44.0 Å². The number of piperidine rings is 1. The number of aromatic nitrogens is 2. The van der Waals surface area contributed by atoms with E-state index >= 15 is 0 Å². The average Bonchev–Trinajstić information content (AvgIpc) is 2.73. The minimum absolute atomic E-state index is 0.704. The predicted molar refractivity (Wildman–Crippen MR) is 68.9 cm³/mol. The number of nitrogen functional groups attached to an aromatic ring is 1. The van der Waals surface area contributed by atoms with Crippen LogP contribution in [0, 0.1) is 5.92 Å². The van der Waals surface area contributed by atoms with Crippen LogP contribution in [-0.4, -0.2) is 22.5 Å². The van der Waals surface area contributed by atoms with Crippen LogP contribution in [0.15, 0.2) is 24.5 Å². The SMILES string of the molecule is Nc1ccc2cnc(CC3CCCNC3)n2c1. The largest absolute Gasteiger partial charge is 0.398 e. The molecule has 0 saturated carbocycles. The van der Waals surface area contributed by atoms with Crippen molar-refractivity contribution in [2.45, 2.75) is 19.3 Å². The lowest BCUT2D eigenvalue weighted by Crippen LogP contribution is -2.31. The minimum Gasteiger partial charge on any atom is -0.398 e. The Kier molecular flexibility index (Phi) is 2.73. The quantitative estimate of drug-likeness (QED) is 0.821. The predicted octanol–water partition coefficient (Wildman–Crippen LogP) is 1.46. The molecule has 0 bridgehead atoms. The highest BCUT2D eigenvalue weighted by atomic mass is 15.0. The topological polar surface area (TPSA) is 55.3 Å². The van der Waals surface area contributed by atoms with Crippen LogP contribution in [0.4, 0.5) is 5.69 Å². The molecule has 0 aliphatic carbocycles. The Balaban J connectivity index is 1.86. The molecule has 0 amide bonds. The van der Waals surface area contributed by atoms with E-state index in [1.165, 1.54) is 12.8 Å². The van der Waals surface area contributed by atoms with Crippen molar-refractivity contribution in [3.63, 3.8) is 0 Å². The molecular weight excluding hydrogens is 212 g/mol. The van der Waals surface area contributed by atoms with Crippen LogP contribution < -0.4 is 11.1 Å². The summed E-state index contributed by atoms with van der Waals surface area (Å²) in [5, 5.41) is 3.44. The zero-order valence-corrected chi connectivity index (χ0v) is 9.89. The molecule has 1 aliphatic heterocycles. The summed E-state index contributed by atoms with van der Waals surface area (Å²) in [6.45, 7) is 2.27. The van der Waals surface area contributed by atoms with Crippen molar-refractivity contribution in [1.82, 2.24) is 14.7 Å². The van der Waals surface area contributed by atoms with Crippen molar-refractivity contribution in [1.29, 1.82) is 0 Å². The molecule has 1 fully saturated rings. The lowest BCUT2D eigenvalue weighted by atomic mass is 9.96. The van der Waals surface area contributed by atoms with E-state index in [0.29, 0.717) is 5.92 Å². The van der Waals surface area contributed by atoms with Gasteiger partial charge < -0.3 is 15.5 Å². The van der Waals surface area contributed by atoms with Gasteiger partial charge in [0.1, 0.15) is 5.82 Å². The second kappa shape index (κ2) is 4.37. The van der Waals surface area contributed by atoms with E-state index in [1.807, 2.05) is 24.5 Å². The zero-order valence-electron chi connectivity index (χ0n) is 9.89. The van der Waals surface area contributed by atoms with Crippen molar-refractivity contribution < 1.29 is 0 Å². The van der Waals surface area contributed by atoms with Crippen LogP contribution in [0.2, 0.25) is 0 Å². The smallest absolute Gasteiger partial charge is 0.113 e. The monoisotopic (exact) mass is 230 g/mol. The van der Waals surface area contributed by atoms with Crippen molar-refractivity contribution in [2.75, 3.05) is 18.8 Å². The van der Waals surface area contributed by atoms with Crippen molar-refractivity contribution in [3.05, 3.63) is 30.4 Å². The normalized spacial score (nSPS) is 20.8. The molecule has 3 N–H and O–H groups in total. The maximum absolute atomic E-state index is 5.82. The number of hydrogen-bond donors (Lipinski definition) is 2. The van der Waals surface area contributed by atoms with Crippen molar-refractivity contribution in [2.24, 2.45) is 5.92 Å². The van der Waals surface area contributed by atoms with Crippen LogP contribution >= 0.6 is 0 Å². The van der Waals surface area contributed by atoms with E-state index in [1.54, 1.807) is 0 Å². The second-order valence-electron chi connectivity index (χ2n) is 4.85. The first-order valence-corrected chi connectivity index (χ1v) is 6.25. The van der Waals surface area contributed by atoms with E-state index in [0.717, 1.165) is 36.5 Å². The molecule has 0 spiro atoms. The standard InChI is InChI=1S/C13H18N4/c14-11-3-4-12-8-16-13(17(12)9-11)6-10-2-1-5-15-7-10/h3-4,8-10,15H,1-2,5-7,14H2. The van der Waals surface area contributed by atoms with Gasteiger partial charge in [0, 0.05) is 18.3 Å². The number of fused-ring (bicyclic) bond motifs is 1. The number of anilines is 1. The van der Waals surface area contributed by atoms with Gasteiger partial charge in [-0.25, -0.2) is 4.98 Å². The lowest BCUT2D eigenvalue weighted by molar-refractivity contribution is 0.370. The number of nitrogens with one attached hydrogen (secondary N) is 1. The first kappa shape index (κ1) is 10.6. The molecule has 4 nitrogen and oxygen atoms in total. The third-order valence-corrected chi connectivity index (χ3v) is 3.50. The van der Waals surface area contributed by atoms with Gasteiger partial charge in [0.2, 0.25) is 0 Å². The molecule has 4 heteroatoms. The Morgan fingerprint density at radius 1 is 1.47 bits per heavy atom. The number of pyridine rings is 1. The summed E-state index contributed by atoms with van der Waals surface area (Å²) in [4.78, 5) is 4.51. The highest BCUT2D eigenvalue weighted by Gasteiger charge is 2.16. The molecular formula is C13H18N4. The highest BCUT2D eigenvalue weighted by molar-refractivity contribution is 5.52. The van der Waals surface area contributed by atoms with E-state index in [2.05, 4.69) is 14.7 Å². The van der Waals surface area contributed by atoms with E-state index in [4.69, 9.17) is 5.73 Å². The molecule has 2 aromatic rings. The Morgan fingerprint density at radius 2 is 2.41 bits per heavy atom. The van der Waals surface area contributed by atoms with Crippen LogP contribution in [0.1, 0.15) is 18.7 Å². The van der Waals surface area contributed by atoms with E-state index in [9.17, 15) is 0 Å². The van der Waals surface area contributed by atoms with Crippen molar-refractivity contribution in [3.8, 4) is 0 Å². The molecule has 1 unspecified atom stereocenters. The average molecular weight is 230 g/mol. The molecule has 1 aliphatic rings. The number of hydrogen-bond acceptors (Lipinski definition) is 3. The van der Waals surface area contributed by atoms with Gasteiger partial charge in [0.25, 0.3) is 0 Å². The summed E-state index contributed by atoms with van der Waals surface area (Å²) in [6, 6.07) is 3.94. The van der Waals surface area contributed by atoms with Gasteiger partial charge in [0.15, 0.2) is 0 Å². The van der Waals surface area contributed by atoms with Crippen LogP contribution in [0.3, 0.4) is 0 Å². The zero-order chi connectivity index (χ0) is 11.7. The minimum atomic E-state index is 0.704. The molecule has 1 saturated heterocycles. The maximum Gasteiger partial charge on any atom is 0.113 e. The molecule has 17 heavy (non-hydrogen) atoms. The van der Waals surface area contributed by atoms with Gasteiger partial charge in [-0.15, -0.1) is 0 Å². The molecule has 3 heterocycles. The summed E-state index contributed by atoms with van der Waals surface area (Å²) < 4.78 is 2.12. The Morgan fingerprint density at radius 3 is 3.24 bits per heavy atom. The third kappa shape index (κ3) is 2.13. The summed E-state index contributed by atoms with van der Waals surface area (Å²) in [6.07, 6.45) is 7.49. The van der Waals surface area contributed by atoms with E-state index in [-0.39, 0.29) is 0 Å². The molecule has 2 aromatic heterocycles. The first-order valence-electron chi connectivity index (χ1n) is 6.25. The second-order valence-corrected chi connectivity index (χ2v) is 4.85. The molecule has 0 radical (unpaired) electrons. The fourth-order valence-corrected chi connectivity index (χ4v) is 2.57. The van der Waals surface area contributed by atoms with Crippen LogP contribution in [-0.2, 0) is 6.42 Å². The highest BCUT2D eigenvalue weighted by Crippen LogP contribution is 2.18. The summed E-state index contributed by atoms with van der Waals surface area (Å²) in [7, 11) is 0. The summed E-state index contributed by atoms with van der Waals surface area (Å²) in [5.74, 6) is 1.83. The van der Waals surface area contributed by atoms with E-state index < -0.39 is 0 Å². The van der Waals surface area contributed by atoms with Crippen molar-refractivity contribution >= 4 is 11.2 Å². The number of nitrogens with two attached hydrogens (primary N) is 1. The molecule has 90 valence electrons. The van der Waals surface area contributed by atoms with Gasteiger partial charge in [0.05, 0.1) is 11.7 Å². The maximum atomic E-state index is 5.82. The van der Waals surface area contributed by atoms with Gasteiger partial charge >= 0.3 is 0 Å². The fourth-order valence-electron chi connectivity index (χ4n) is 2.57. The number of rotatable bonds is 2. The van der Waals surface area contributed by atoms with Gasteiger partial charge in [-0.2, -0.15) is 0 Å². The Hall–Kier alpha value is -1.55. The lowest BCUT2D eigenvalue weighted by Gasteiger charge is -2.22. The first-order chi connectivity index (χ1) is 8.33. The Labute approximate surface area is 101 Å². The third-order valence-electron chi connectivity index (χ3n) is 3.50. The number of nitrogens with zero attached hydrogens (tertiary/aromatic N) is 2. The molecule has 0 aromatic carbocycles. The van der Waals surface area contributed by atoms with Crippen LogP contribution in [0.25, 0.3) is 5.52 Å².